The lowest BCUT2D eigenvalue weighted by Crippen LogP contribution is -2.61. The Balaban J connectivity index is 0.984. The maximum Gasteiger partial charge on any atom is 0.252 e. The van der Waals surface area contributed by atoms with Crippen molar-refractivity contribution in [2.45, 2.75) is 111 Å². The number of allylic oxidation sites excluding steroid dienone is 4. The summed E-state index contributed by atoms with van der Waals surface area (Å²) >= 11 is 0. The maximum atomic E-state index is 2.60. The van der Waals surface area contributed by atoms with Gasteiger partial charge in [0.15, 0.2) is 0 Å². The van der Waals surface area contributed by atoms with E-state index < -0.39 is 0 Å². The molecule has 0 saturated carbocycles. The van der Waals surface area contributed by atoms with Crippen LogP contribution in [-0.4, -0.2) is 6.71 Å². The van der Waals surface area contributed by atoms with Gasteiger partial charge in [0, 0.05) is 45.0 Å². The first-order valence-corrected chi connectivity index (χ1v) is 26.4. The van der Waals surface area contributed by atoms with Gasteiger partial charge in [-0.15, -0.1) is 0 Å². The minimum absolute atomic E-state index is 0.0245. The third-order valence-electron chi connectivity index (χ3n) is 17.4. The van der Waals surface area contributed by atoms with Crippen molar-refractivity contribution >= 4 is 68.4 Å². The van der Waals surface area contributed by atoms with Crippen LogP contribution in [0, 0.1) is 6.92 Å². The lowest BCUT2D eigenvalue weighted by Gasteiger charge is -2.45. The van der Waals surface area contributed by atoms with Crippen LogP contribution >= 0.6 is 0 Å². The molecule has 0 atom stereocenters. The van der Waals surface area contributed by atoms with Crippen molar-refractivity contribution in [2.24, 2.45) is 0 Å². The van der Waals surface area contributed by atoms with E-state index >= 15 is 0 Å². The van der Waals surface area contributed by atoms with Gasteiger partial charge in [-0.05, 0) is 173 Å². The number of nitrogens with zero attached hydrogens (tertiary/aromatic N) is 2. The van der Waals surface area contributed by atoms with Crippen LogP contribution in [0.15, 0.2) is 175 Å². The number of rotatable bonds is 4. The average Bonchev–Trinajstić information content (AvgIpc) is 3.75. The number of hydrogen-bond donors (Lipinski definition) is 0. The molecule has 0 N–H and O–H groups in total. The van der Waals surface area contributed by atoms with Crippen LogP contribution in [0.3, 0.4) is 0 Å². The van der Waals surface area contributed by atoms with Crippen molar-refractivity contribution in [2.75, 3.05) is 9.80 Å². The molecular formula is C69H65BN2. The van der Waals surface area contributed by atoms with Gasteiger partial charge < -0.3 is 9.80 Å². The summed E-state index contributed by atoms with van der Waals surface area (Å²) in [4.78, 5) is 5.17. The van der Waals surface area contributed by atoms with E-state index in [1.807, 2.05) is 0 Å². The van der Waals surface area contributed by atoms with E-state index in [-0.39, 0.29) is 28.4 Å². The standard InChI is InChI=1S/C69H65BN2/c1-42-38-61-65-62(39-42)72(48-34-28-44(29-35-48)50-21-17-25-56-64(50)52-19-13-15-23-54(52)69(56,10)11)60-41-46(67(5,6)7)30-36-57(60)70(65)58-40-45(66(2,3)4)31-37-59(58)71(61)47-32-26-43(27-33-47)49-20-16-24-55-63(49)51-18-12-14-22-53(51)68(55,8)9/h12-16,18-24,26-41H,17,25H2,1-11H3. The fraction of sp³-hybridized carbons (Fsp3) is 0.246. The van der Waals surface area contributed by atoms with Crippen molar-refractivity contribution in [1.29, 1.82) is 0 Å². The van der Waals surface area contributed by atoms with Gasteiger partial charge in [0.1, 0.15) is 0 Å². The molecule has 2 heterocycles. The number of benzene rings is 8. The van der Waals surface area contributed by atoms with Gasteiger partial charge in [-0.25, -0.2) is 0 Å². The Morgan fingerprint density at radius 1 is 0.472 bits per heavy atom. The Kier molecular flexibility index (Phi) is 9.62. The van der Waals surface area contributed by atoms with Gasteiger partial charge in [0.2, 0.25) is 0 Å². The monoisotopic (exact) mass is 933 g/mol. The van der Waals surface area contributed by atoms with E-state index in [9.17, 15) is 0 Å². The summed E-state index contributed by atoms with van der Waals surface area (Å²) in [7, 11) is 0. The molecule has 2 nitrogen and oxygen atoms in total. The molecule has 8 aromatic carbocycles. The van der Waals surface area contributed by atoms with E-state index in [0.717, 1.165) is 12.8 Å². The molecule has 0 saturated heterocycles. The minimum Gasteiger partial charge on any atom is -0.311 e. The summed E-state index contributed by atoms with van der Waals surface area (Å²) in [6, 6.07) is 63.6. The zero-order valence-electron chi connectivity index (χ0n) is 44.1. The summed E-state index contributed by atoms with van der Waals surface area (Å²) in [5, 5.41) is 0. The molecule has 3 heteroatoms. The highest BCUT2D eigenvalue weighted by Crippen LogP contribution is 2.56. The molecule has 5 aliphatic rings. The predicted molar refractivity (Wildman–Crippen MR) is 309 cm³/mol. The highest BCUT2D eigenvalue weighted by molar-refractivity contribution is 7.00. The van der Waals surface area contributed by atoms with Crippen molar-refractivity contribution in [3.63, 3.8) is 0 Å². The lowest BCUT2D eigenvalue weighted by molar-refractivity contribution is 0.590. The van der Waals surface area contributed by atoms with Crippen LogP contribution in [0.25, 0.3) is 33.4 Å². The molecule has 0 radical (unpaired) electrons. The summed E-state index contributed by atoms with van der Waals surface area (Å²) in [6.07, 6.45) is 4.68. The Hall–Kier alpha value is -7.10. The lowest BCUT2D eigenvalue weighted by atomic mass is 9.33. The SMILES string of the molecule is Cc1cc2c3c(c1)N(c1ccc(C4=CCCC5=C4c4ccccc4C5(C)C)cc1)c1cc(C(C)(C)C)ccc1B3c1cc(C(C)(C)C)ccc1N2c1ccc(-c2cccc3c2-c2ccccc2C3(C)C)cc1. The molecule has 0 unspecified atom stereocenters. The molecule has 0 aromatic heterocycles. The minimum atomic E-state index is -0.0520. The quantitative estimate of drug-likeness (QED) is 0.162. The fourth-order valence-electron chi connectivity index (χ4n) is 13.6. The van der Waals surface area contributed by atoms with E-state index in [4.69, 9.17) is 0 Å². The van der Waals surface area contributed by atoms with Crippen molar-refractivity contribution in [1.82, 2.24) is 0 Å². The zero-order valence-corrected chi connectivity index (χ0v) is 44.1. The third kappa shape index (κ3) is 6.48. The molecule has 8 aromatic rings. The Bertz CT molecular complexity index is 3660. The van der Waals surface area contributed by atoms with Crippen LogP contribution in [0.2, 0.25) is 0 Å². The first-order chi connectivity index (χ1) is 34.4. The number of anilines is 6. The predicted octanol–water partition coefficient (Wildman–Crippen LogP) is 16.6. The number of aryl methyl sites for hydroxylation is 1. The molecule has 354 valence electrons. The second-order valence-electron chi connectivity index (χ2n) is 24.5. The largest absolute Gasteiger partial charge is 0.311 e. The van der Waals surface area contributed by atoms with E-state index in [1.54, 1.807) is 5.57 Å². The Morgan fingerprint density at radius 2 is 1.03 bits per heavy atom. The second kappa shape index (κ2) is 15.5. The van der Waals surface area contributed by atoms with Crippen molar-refractivity contribution < 1.29 is 0 Å². The maximum absolute atomic E-state index is 2.60. The smallest absolute Gasteiger partial charge is 0.252 e. The molecule has 0 amide bonds. The molecule has 72 heavy (non-hydrogen) atoms. The van der Waals surface area contributed by atoms with Gasteiger partial charge in [0.25, 0.3) is 6.71 Å². The van der Waals surface area contributed by atoms with Crippen LogP contribution in [0.1, 0.15) is 127 Å². The summed E-state index contributed by atoms with van der Waals surface area (Å²) in [5.74, 6) is 0. The van der Waals surface area contributed by atoms with E-state index in [1.165, 1.54) is 128 Å². The van der Waals surface area contributed by atoms with E-state index in [2.05, 4.69) is 256 Å². The first kappa shape index (κ1) is 44.8. The normalized spacial score (nSPS) is 16.6. The molecule has 2 aliphatic heterocycles. The van der Waals surface area contributed by atoms with Gasteiger partial charge in [-0.3, -0.25) is 0 Å². The number of hydrogen-bond acceptors (Lipinski definition) is 2. The van der Waals surface area contributed by atoms with Gasteiger partial charge in [-0.2, -0.15) is 0 Å². The molecular weight excluding hydrogens is 868 g/mol. The van der Waals surface area contributed by atoms with Crippen LogP contribution in [-0.2, 0) is 21.7 Å². The van der Waals surface area contributed by atoms with Gasteiger partial charge in [-0.1, -0.05) is 196 Å². The van der Waals surface area contributed by atoms with Gasteiger partial charge >= 0.3 is 0 Å². The average molecular weight is 933 g/mol. The molecule has 0 fully saturated rings. The Morgan fingerprint density at radius 3 is 1.69 bits per heavy atom. The molecule has 3 aliphatic carbocycles. The summed E-state index contributed by atoms with van der Waals surface area (Å²) in [6.45, 7) is 26.0. The van der Waals surface area contributed by atoms with Crippen LogP contribution < -0.4 is 26.2 Å². The van der Waals surface area contributed by atoms with E-state index in [0.29, 0.717) is 0 Å². The number of fused-ring (bicyclic) bond motifs is 9. The topological polar surface area (TPSA) is 6.48 Å². The zero-order chi connectivity index (χ0) is 49.8. The summed E-state index contributed by atoms with van der Waals surface area (Å²) in [5.41, 5.74) is 31.9. The summed E-state index contributed by atoms with van der Waals surface area (Å²) < 4.78 is 0. The highest BCUT2D eigenvalue weighted by Gasteiger charge is 2.45. The van der Waals surface area contributed by atoms with Crippen LogP contribution in [0.5, 0.6) is 0 Å². The molecule has 0 spiro atoms. The third-order valence-corrected chi connectivity index (χ3v) is 17.4. The first-order valence-electron chi connectivity index (χ1n) is 26.4. The van der Waals surface area contributed by atoms with Crippen LogP contribution in [0.4, 0.5) is 34.1 Å². The fourth-order valence-corrected chi connectivity index (χ4v) is 13.6. The second-order valence-corrected chi connectivity index (χ2v) is 24.5. The molecule has 13 rings (SSSR count). The van der Waals surface area contributed by atoms with Crippen molar-refractivity contribution in [3.8, 4) is 22.3 Å². The van der Waals surface area contributed by atoms with Crippen molar-refractivity contribution in [3.05, 3.63) is 220 Å². The molecule has 0 bridgehead atoms. The Labute approximate surface area is 428 Å². The van der Waals surface area contributed by atoms with Gasteiger partial charge in [0.05, 0.1) is 0 Å². The highest BCUT2D eigenvalue weighted by atomic mass is 15.2.